The third-order valence-electron chi connectivity index (χ3n) is 3.17. The summed E-state index contributed by atoms with van der Waals surface area (Å²) in [6.07, 6.45) is 3.55. The van der Waals surface area contributed by atoms with Crippen LogP contribution in [0.3, 0.4) is 0 Å². The Kier molecular flexibility index (Phi) is 3.97. The van der Waals surface area contributed by atoms with Gasteiger partial charge in [-0.25, -0.2) is 0 Å². The van der Waals surface area contributed by atoms with E-state index in [2.05, 4.69) is 36.1 Å². The van der Waals surface area contributed by atoms with Crippen molar-refractivity contribution in [1.29, 1.82) is 0 Å². The molecule has 0 aliphatic heterocycles. The number of benzene rings is 1. The first-order chi connectivity index (χ1) is 7.79. The molecule has 1 aliphatic rings. The van der Waals surface area contributed by atoms with Crippen LogP contribution in [0.15, 0.2) is 24.3 Å². The minimum atomic E-state index is 0.303. The summed E-state index contributed by atoms with van der Waals surface area (Å²) < 4.78 is 0. The average Bonchev–Trinajstić information content (AvgIpc) is 3.11. The molecular weight excluding hydrogens is 198 g/mol. The van der Waals surface area contributed by atoms with Gasteiger partial charge in [0.25, 0.3) is 0 Å². The van der Waals surface area contributed by atoms with Gasteiger partial charge in [0.1, 0.15) is 0 Å². The molecular formula is C14H21NO. The first kappa shape index (κ1) is 11.6. The Morgan fingerprint density at radius 2 is 1.94 bits per heavy atom. The fraction of sp³-hybridized carbons (Fsp3) is 0.571. The quantitative estimate of drug-likeness (QED) is 0.794. The van der Waals surface area contributed by atoms with Crippen LogP contribution in [0, 0.1) is 6.92 Å². The molecule has 0 saturated heterocycles. The minimum absolute atomic E-state index is 0.303. The highest BCUT2D eigenvalue weighted by Crippen LogP contribution is 2.28. The van der Waals surface area contributed by atoms with Gasteiger partial charge in [0.2, 0.25) is 0 Å². The largest absolute Gasteiger partial charge is 0.396 e. The highest BCUT2D eigenvalue weighted by atomic mass is 16.3. The van der Waals surface area contributed by atoms with Gasteiger partial charge in [-0.2, -0.15) is 0 Å². The minimum Gasteiger partial charge on any atom is -0.396 e. The fourth-order valence-electron chi connectivity index (χ4n) is 2.03. The number of nitrogens with zero attached hydrogens (tertiary/aromatic N) is 1. The van der Waals surface area contributed by atoms with E-state index in [1.54, 1.807) is 0 Å². The average molecular weight is 219 g/mol. The second kappa shape index (κ2) is 5.46. The van der Waals surface area contributed by atoms with E-state index in [-0.39, 0.29) is 0 Å². The zero-order valence-corrected chi connectivity index (χ0v) is 10.0. The van der Waals surface area contributed by atoms with E-state index in [0.717, 1.165) is 25.6 Å². The molecule has 0 bridgehead atoms. The number of hydrogen-bond donors (Lipinski definition) is 1. The molecule has 2 nitrogen and oxygen atoms in total. The van der Waals surface area contributed by atoms with Gasteiger partial charge in [0.05, 0.1) is 0 Å². The molecule has 1 aromatic rings. The molecule has 1 fully saturated rings. The van der Waals surface area contributed by atoms with E-state index in [9.17, 15) is 0 Å². The molecule has 1 aromatic carbocycles. The molecule has 0 radical (unpaired) electrons. The smallest absolute Gasteiger partial charge is 0.0443 e. The van der Waals surface area contributed by atoms with Crippen LogP contribution in [0.25, 0.3) is 0 Å². The Morgan fingerprint density at radius 1 is 1.25 bits per heavy atom. The van der Waals surface area contributed by atoms with Crippen LogP contribution in [0.2, 0.25) is 0 Å². The highest BCUT2D eigenvalue weighted by molar-refractivity contribution is 5.21. The van der Waals surface area contributed by atoms with E-state index in [1.165, 1.54) is 24.0 Å². The molecule has 1 aliphatic carbocycles. The number of aliphatic hydroxyl groups is 1. The van der Waals surface area contributed by atoms with Gasteiger partial charge in [0, 0.05) is 25.7 Å². The van der Waals surface area contributed by atoms with Gasteiger partial charge >= 0.3 is 0 Å². The van der Waals surface area contributed by atoms with Crippen molar-refractivity contribution in [2.45, 2.75) is 38.8 Å². The zero-order valence-electron chi connectivity index (χ0n) is 10.0. The second-order valence-electron chi connectivity index (χ2n) is 4.76. The van der Waals surface area contributed by atoms with Crippen LogP contribution in [-0.4, -0.2) is 29.2 Å². The van der Waals surface area contributed by atoms with Gasteiger partial charge in [-0.1, -0.05) is 29.8 Å². The molecule has 88 valence electrons. The van der Waals surface area contributed by atoms with Crippen LogP contribution in [0.5, 0.6) is 0 Å². The lowest BCUT2D eigenvalue weighted by molar-refractivity contribution is 0.211. The highest BCUT2D eigenvalue weighted by Gasteiger charge is 2.28. The molecule has 1 saturated carbocycles. The van der Waals surface area contributed by atoms with Crippen molar-refractivity contribution < 1.29 is 5.11 Å². The second-order valence-corrected chi connectivity index (χ2v) is 4.76. The normalized spacial score (nSPS) is 15.7. The predicted octanol–water partition coefficient (Wildman–Crippen LogP) is 2.34. The Hall–Kier alpha value is -0.860. The van der Waals surface area contributed by atoms with E-state index in [1.807, 2.05) is 0 Å². The summed E-state index contributed by atoms with van der Waals surface area (Å²) in [7, 11) is 0. The van der Waals surface area contributed by atoms with Crippen molar-refractivity contribution in [3.05, 3.63) is 35.4 Å². The molecule has 0 heterocycles. The Morgan fingerprint density at radius 3 is 2.50 bits per heavy atom. The number of rotatable bonds is 6. The lowest BCUT2D eigenvalue weighted by atomic mass is 10.1. The topological polar surface area (TPSA) is 23.5 Å². The summed E-state index contributed by atoms with van der Waals surface area (Å²) in [5, 5.41) is 8.89. The monoisotopic (exact) mass is 219 g/mol. The molecule has 0 spiro atoms. The SMILES string of the molecule is Cc1ccc(CN(CCCO)C2CC2)cc1. The van der Waals surface area contributed by atoms with Crippen LogP contribution in [0.4, 0.5) is 0 Å². The fourth-order valence-corrected chi connectivity index (χ4v) is 2.03. The van der Waals surface area contributed by atoms with Crippen molar-refractivity contribution in [2.24, 2.45) is 0 Å². The van der Waals surface area contributed by atoms with Gasteiger partial charge in [-0.05, 0) is 31.7 Å². The van der Waals surface area contributed by atoms with Crippen LogP contribution in [-0.2, 0) is 6.54 Å². The molecule has 0 unspecified atom stereocenters. The van der Waals surface area contributed by atoms with Gasteiger partial charge in [-0.15, -0.1) is 0 Å². The standard InChI is InChI=1S/C14H21NO/c1-12-3-5-13(6-4-12)11-15(9-2-10-16)14-7-8-14/h3-6,14,16H,2,7-11H2,1H3. The lowest BCUT2D eigenvalue weighted by Crippen LogP contribution is -2.27. The first-order valence-corrected chi connectivity index (χ1v) is 6.20. The summed E-state index contributed by atoms with van der Waals surface area (Å²) in [4.78, 5) is 2.50. The maximum atomic E-state index is 8.89. The summed E-state index contributed by atoms with van der Waals surface area (Å²) >= 11 is 0. The molecule has 0 amide bonds. The number of aliphatic hydroxyl groups excluding tert-OH is 1. The predicted molar refractivity (Wildman–Crippen MR) is 66.3 cm³/mol. The number of aryl methyl sites for hydroxylation is 1. The van der Waals surface area contributed by atoms with E-state index in [4.69, 9.17) is 5.11 Å². The van der Waals surface area contributed by atoms with Gasteiger partial charge in [0.15, 0.2) is 0 Å². The molecule has 0 aromatic heterocycles. The Bertz CT molecular complexity index is 316. The maximum Gasteiger partial charge on any atom is 0.0443 e. The van der Waals surface area contributed by atoms with E-state index in [0.29, 0.717) is 6.61 Å². The summed E-state index contributed by atoms with van der Waals surface area (Å²) in [6.45, 7) is 4.48. The Balaban J connectivity index is 1.91. The van der Waals surface area contributed by atoms with Crippen molar-refractivity contribution in [1.82, 2.24) is 4.90 Å². The summed E-state index contributed by atoms with van der Waals surface area (Å²) in [6, 6.07) is 9.54. The van der Waals surface area contributed by atoms with Gasteiger partial charge in [-0.3, -0.25) is 4.90 Å². The molecule has 0 atom stereocenters. The zero-order chi connectivity index (χ0) is 11.4. The molecule has 2 heteroatoms. The Labute approximate surface area is 97.9 Å². The maximum absolute atomic E-state index is 8.89. The van der Waals surface area contributed by atoms with Crippen molar-refractivity contribution in [3.8, 4) is 0 Å². The van der Waals surface area contributed by atoms with Crippen LogP contribution >= 0.6 is 0 Å². The van der Waals surface area contributed by atoms with Crippen molar-refractivity contribution in [3.63, 3.8) is 0 Å². The number of hydrogen-bond acceptors (Lipinski definition) is 2. The van der Waals surface area contributed by atoms with Gasteiger partial charge < -0.3 is 5.11 Å². The summed E-state index contributed by atoms with van der Waals surface area (Å²) in [5.41, 5.74) is 2.70. The van der Waals surface area contributed by atoms with E-state index < -0.39 is 0 Å². The lowest BCUT2D eigenvalue weighted by Gasteiger charge is -2.21. The molecule has 16 heavy (non-hydrogen) atoms. The molecule has 2 rings (SSSR count). The third kappa shape index (κ3) is 3.32. The van der Waals surface area contributed by atoms with Crippen molar-refractivity contribution in [2.75, 3.05) is 13.2 Å². The van der Waals surface area contributed by atoms with Crippen LogP contribution in [0.1, 0.15) is 30.4 Å². The van der Waals surface area contributed by atoms with Crippen molar-refractivity contribution >= 4 is 0 Å². The first-order valence-electron chi connectivity index (χ1n) is 6.20. The third-order valence-corrected chi connectivity index (χ3v) is 3.17. The van der Waals surface area contributed by atoms with E-state index >= 15 is 0 Å². The van der Waals surface area contributed by atoms with Crippen LogP contribution < -0.4 is 0 Å². The molecule has 1 N–H and O–H groups in total. The summed E-state index contributed by atoms with van der Waals surface area (Å²) in [5.74, 6) is 0.